The molecule has 0 spiro atoms. The van der Waals surface area contributed by atoms with Crippen LogP contribution in [0, 0.1) is 12.3 Å². The molecule has 0 aromatic heterocycles. The Kier molecular flexibility index (Phi) is 24.6. The van der Waals surface area contributed by atoms with Crippen LogP contribution in [0.25, 0.3) is 0 Å². The van der Waals surface area contributed by atoms with Crippen LogP contribution in [-0.2, 0) is 121 Å². The predicted molar refractivity (Wildman–Crippen MR) is 319 cm³/mol. The number of terminal acetylenes is 1. The first-order valence-electron chi connectivity index (χ1n) is 27.8. The molecule has 88 heavy (non-hydrogen) atoms. The number of rotatable bonds is 31. The van der Waals surface area contributed by atoms with Gasteiger partial charge in [-0.2, -0.15) is 0 Å². The van der Waals surface area contributed by atoms with Crippen LogP contribution in [0.2, 0.25) is 0 Å². The van der Waals surface area contributed by atoms with Gasteiger partial charge in [-0.3, -0.25) is 46.3 Å². The zero-order valence-electron chi connectivity index (χ0n) is 48.7. The molecule has 0 aliphatic heterocycles. The van der Waals surface area contributed by atoms with Crippen LogP contribution in [0.4, 0.5) is 0 Å². The molecule has 8 rings (SSSR count). The Hall–Kier alpha value is -7.96. The summed E-state index contributed by atoms with van der Waals surface area (Å²) in [7, 11) is -10.0. The third kappa shape index (κ3) is 20.9. The van der Waals surface area contributed by atoms with E-state index >= 15 is 9.13 Å². The highest BCUT2D eigenvalue weighted by Gasteiger charge is 2.59. The minimum absolute atomic E-state index is 0.101. The van der Waals surface area contributed by atoms with Crippen LogP contribution in [0.1, 0.15) is 66.6 Å². The van der Waals surface area contributed by atoms with Crippen molar-refractivity contribution < 1.29 is 93.3 Å². The zero-order valence-corrected chi connectivity index (χ0v) is 50.4. The molecule has 0 radical (unpaired) electrons. The van der Waals surface area contributed by atoms with Gasteiger partial charge in [-0.05, 0) is 87.5 Å². The highest BCUT2D eigenvalue weighted by atomic mass is 31.2. The molecule has 0 bridgehead atoms. The van der Waals surface area contributed by atoms with Crippen molar-refractivity contribution in [2.24, 2.45) is 0 Å². The van der Waals surface area contributed by atoms with Gasteiger partial charge in [0, 0.05) is 27.7 Å². The molecule has 0 amide bonds. The van der Waals surface area contributed by atoms with Gasteiger partial charge >= 0.3 is 39.5 Å². The minimum atomic E-state index is -5.02. The molecule has 460 valence electrons. The summed E-state index contributed by atoms with van der Waals surface area (Å²) in [5.74, 6) is 1.37. The van der Waals surface area contributed by atoms with Crippen LogP contribution >= 0.6 is 15.6 Å². The number of esters is 4. The second-order valence-electron chi connectivity index (χ2n) is 19.8. The highest BCUT2D eigenvalue weighted by molar-refractivity contribution is 7.48. The fraction of sp³-hybridized carbons (Fsp3) is 0.273. The average Bonchev–Trinajstić information content (AvgIpc) is 1.01. The number of benzene rings is 7. The summed E-state index contributed by atoms with van der Waals surface area (Å²) in [6, 6.07) is 52.4. The molecule has 0 saturated heterocycles. The number of phosphoric ester groups is 2. The molecule has 2 unspecified atom stereocenters. The number of ether oxygens (including phenoxy) is 8. The van der Waals surface area contributed by atoms with E-state index in [0.717, 1.165) is 0 Å². The lowest BCUT2D eigenvalue weighted by Crippen LogP contribution is -2.67. The maximum absolute atomic E-state index is 16.1. The van der Waals surface area contributed by atoms with E-state index in [2.05, 4.69) is 5.92 Å². The van der Waals surface area contributed by atoms with Crippen LogP contribution in [0.3, 0.4) is 0 Å². The molecule has 1 aliphatic carbocycles. The number of carbonyl (C=O) groups excluding carboxylic acids is 4. The van der Waals surface area contributed by atoms with Crippen LogP contribution < -0.4 is 18.9 Å². The minimum Gasteiger partial charge on any atom is -0.427 e. The summed E-state index contributed by atoms with van der Waals surface area (Å²) in [5, 5.41) is 0. The Labute approximate surface area is 510 Å². The Bertz CT molecular complexity index is 3160. The van der Waals surface area contributed by atoms with Gasteiger partial charge in [0.2, 0.25) is 0 Å². The number of hydrogen-bond donors (Lipinski definition) is 0. The average molecular weight is 1240 g/mol. The lowest BCUT2D eigenvalue weighted by atomic mass is 9.84. The van der Waals surface area contributed by atoms with E-state index in [1.807, 2.05) is 91.0 Å². The topological polar surface area (TPSA) is 232 Å². The molecule has 20 nitrogen and oxygen atoms in total. The van der Waals surface area contributed by atoms with Gasteiger partial charge in [-0.1, -0.05) is 145 Å². The Morgan fingerprint density at radius 2 is 0.557 bits per heavy atom. The van der Waals surface area contributed by atoms with Gasteiger partial charge in [-0.25, -0.2) is 9.13 Å². The first-order valence-corrected chi connectivity index (χ1v) is 30.7. The monoisotopic (exact) mass is 1240 g/mol. The smallest absolute Gasteiger partial charge is 0.427 e. The van der Waals surface area contributed by atoms with Gasteiger partial charge < -0.3 is 37.9 Å². The van der Waals surface area contributed by atoms with Crippen molar-refractivity contribution in [1.29, 1.82) is 0 Å². The summed E-state index contributed by atoms with van der Waals surface area (Å²) >= 11 is 0. The van der Waals surface area contributed by atoms with E-state index in [1.54, 1.807) is 48.5 Å². The third-order valence-corrected chi connectivity index (χ3v) is 15.7. The van der Waals surface area contributed by atoms with Crippen LogP contribution in [-0.4, -0.2) is 67.1 Å². The first kappa shape index (κ1) is 66.0. The van der Waals surface area contributed by atoms with Crippen molar-refractivity contribution >= 4 is 39.5 Å². The summed E-state index contributed by atoms with van der Waals surface area (Å²) < 4.78 is 120. The van der Waals surface area contributed by atoms with E-state index in [1.165, 1.54) is 76.2 Å². The SMILES string of the molecule is C#CCOC1[C@@H](OCc2ccccc2)[C@H](OP(=O)(OCc2ccc(OC(C)=O)cc2)OCc2ccc(OC(C)=O)cc2)C(OCc2ccccc2)[C@H](OP(=O)(OCc2ccc(OC(C)=O)cc2)OCc2ccc(OC(C)=O)cc2)[C@H]1OCc1ccccc1. The zero-order chi connectivity index (χ0) is 62.3. The molecule has 0 N–H and O–H groups in total. The molecule has 7 aromatic carbocycles. The Morgan fingerprint density at radius 1 is 0.330 bits per heavy atom. The Balaban J connectivity index is 1.28. The molecule has 6 atom stereocenters. The van der Waals surface area contributed by atoms with E-state index in [9.17, 15) is 19.2 Å². The van der Waals surface area contributed by atoms with Crippen LogP contribution in [0.5, 0.6) is 23.0 Å². The molecular formula is C66H66O20P2. The number of phosphoric acid groups is 2. The van der Waals surface area contributed by atoms with Crippen molar-refractivity contribution in [3.05, 3.63) is 227 Å². The van der Waals surface area contributed by atoms with Crippen LogP contribution in [0.15, 0.2) is 188 Å². The van der Waals surface area contributed by atoms with Crippen molar-refractivity contribution in [1.82, 2.24) is 0 Å². The lowest BCUT2D eigenvalue weighted by Gasteiger charge is -2.49. The maximum Gasteiger partial charge on any atom is 0.475 e. The van der Waals surface area contributed by atoms with Gasteiger partial charge in [0.1, 0.15) is 66.2 Å². The first-order chi connectivity index (χ1) is 42.5. The predicted octanol–water partition coefficient (Wildman–Crippen LogP) is 12.3. The molecule has 0 heterocycles. The van der Waals surface area contributed by atoms with E-state index in [0.29, 0.717) is 38.9 Å². The standard InChI is InChI=1S/C66H66O20P2/c1-6-38-73-61-62(74-39-50-16-10-7-11-17-50)65(85-87(71,77-42-53-22-30-57(31-23-53)81-46(2)67)78-43-54-24-32-58(33-25-54)82-47(3)68)64(76-41-52-20-14-9-15-21-52)66(63(61)75-40-51-18-12-8-13-19-51)86-88(72,79-44-55-26-34-59(35-27-55)83-48(4)69)80-45-56-28-36-60(37-29-56)84-49(5)70/h1,7-37,61-66H,38-45H2,2-5H3/t61?,62-,63+,64?,65+,66-. The van der Waals surface area contributed by atoms with Crippen molar-refractivity contribution in [2.75, 3.05) is 6.61 Å². The second kappa shape index (κ2) is 32.9. The molecule has 22 heteroatoms. The molecule has 1 aliphatic rings. The highest BCUT2D eigenvalue weighted by Crippen LogP contribution is 2.58. The number of hydrogen-bond acceptors (Lipinski definition) is 20. The molecule has 7 aromatic rings. The fourth-order valence-corrected chi connectivity index (χ4v) is 11.6. The summed E-state index contributed by atoms with van der Waals surface area (Å²) in [5.41, 5.74) is 3.88. The lowest BCUT2D eigenvalue weighted by molar-refractivity contribution is -0.264. The van der Waals surface area contributed by atoms with Gasteiger partial charge in [0.05, 0.1) is 46.2 Å². The number of carbonyl (C=O) groups is 4. The largest absolute Gasteiger partial charge is 0.475 e. The molecule has 1 saturated carbocycles. The quantitative estimate of drug-likeness (QED) is 0.0170. The molecule has 1 fully saturated rings. The van der Waals surface area contributed by atoms with E-state index < -0.39 is 103 Å². The van der Waals surface area contributed by atoms with E-state index in [4.69, 9.17) is 71.5 Å². The summed E-state index contributed by atoms with van der Waals surface area (Å²) in [6.45, 7) is 2.73. The van der Waals surface area contributed by atoms with Gasteiger partial charge in [0.25, 0.3) is 0 Å². The van der Waals surface area contributed by atoms with Crippen molar-refractivity contribution in [2.45, 2.75) is 111 Å². The Morgan fingerprint density at radius 3 is 0.795 bits per heavy atom. The van der Waals surface area contributed by atoms with Crippen molar-refractivity contribution in [3.63, 3.8) is 0 Å². The van der Waals surface area contributed by atoms with Gasteiger partial charge in [-0.15, -0.1) is 6.42 Å². The summed E-state index contributed by atoms with van der Waals surface area (Å²) in [4.78, 5) is 47.3. The van der Waals surface area contributed by atoms with Gasteiger partial charge in [0.15, 0.2) is 0 Å². The summed E-state index contributed by atoms with van der Waals surface area (Å²) in [6.07, 6.45) is -3.10. The molecular weight excluding hydrogens is 1170 g/mol. The fourth-order valence-electron chi connectivity index (χ4n) is 8.95. The van der Waals surface area contributed by atoms with E-state index in [-0.39, 0.29) is 49.4 Å². The van der Waals surface area contributed by atoms with Crippen molar-refractivity contribution in [3.8, 4) is 35.3 Å². The second-order valence-corrected chi connectivity index (χ2v) is 23.1. The maximum atomic E-state index is 16.1. The third-order valence-electron chi connectivity index (χ3n) is 13.0. The normalized spacial score (nSPS) is 17.5.